The summed E-state index contributed by atoms with van der Waals surface area (Å²) < 4.78 is 23.3. The summed E-state index contributed by atoms with van der Waals surface area (Å²) in [6.45, 7) is 2.27. The van der Waals surface area contributed by atoms with Crippen LogP contribution in [-0.4, -0.2) is 42.5 Å². The van der Waals surface area contributed by atoms with Crippen LogP contribution in [0.4, 0.5) is 11.6 Å². The predicted octanol–water partition coefficient (Wildman–Crippen LogP) is 0.835. The quantitative estimate of drug-likeness (QED) is 0.837. The van der Waals surface area contributed by atoms with Gasteiger partial charge < -0.3 is 10.6 Å². The summed E-state index contributed by atoms with van der Waals surface area (Å²) in [5, 5.41) is 0. The van der Waals surface area contributed by atoms with Crippen LogP contribution in [0.3, 0.4) is 0 Å². The molecule has 1 saturated heterocycles. The summed E-state index contributed by atoms with van der Waals surface area (Å²) in [7, 11) is -2.96. The van der Waals surface area contributed by atoms with Gasteiger partial charge in [0, 0.05) is 12.6 Å². The van der Waals surface area contributed by atoms with E-state index in [2.05, 4.69) is 9.97 Å². The number of hydrogen-bond acceptors (Lipinski definition) is 6. The Labute approximate surface area is 117 Å². The van der Waals surface area contributed by atoms with Gasteiger partial charge in [-0.3, -0.25) is 0 Å². The molecule has 0 amide bonds. The molecule has 0 saturated carbocycles. The summed E-state index contributed by atoms with van der Waals surface area (Å²) in [6, 6.07) is 7.35. The zero-order valence-electron chi connectivity index (χ0n) is 11.2. The molecule has 0 spiro atoms. The van der Waals surface area contributed by atoms with Crippen molar-refractivity contribution in [3.05, 3.63) is 24.3 Å². The molecule has 0 radical (unpaired) electrons. The number of hydrogen-bond donors (Lipinski definition) is 1. The first-order chi connectivity index (χ1) is 9.46. The van der Waals surface area contributed by atoms with Gasteiger partial charge in [0.2, 0.25) is 0 Å². The van der Waals surface area contributed by atoms with Crippen LogP contribution in [0.2, 0.25) is 0 Å². The highest BCUT2D eigenvalue weighted by Gasteiger charge is 2.30. The van der Waals surface area contributed by atoms with Crippen molar-refractivity contribution in [3.63, 3.8) is 0 Å². The van der Waals surface area contributed by atoms with E-state index in [0.29, 0.717) is 18.2 Å². The third kappa shape index (κ3) is 2.29. The number of aromatic nitrogens is 2. The number of sulfone groups is 1. The minimum atomic E-state index is -2.96. The molecule has 1 atom stereocenters. The van der Waals surface area contributed by atoms with E-state index in [0.717, 1.165) is 11.0 Å². The minimum Gasteiger partial charge on any atom is -0.381 e. The van der Waals surface area contributed by atoms with E-state index in [1.165, 1.54) is 0 Å². The van der Waals surface area contributed by atoms with Gasteiger partial charge in [-0.15, -0.1) is 0 Å². The Kier molecular flexibility index (Phi) is 3.01. The van der Waals surface area contributed by atoms with Crippen molar-refractivity contribution in [1.82, 2.24) is 9.97 Å². The lowest BCUT2D eigenvalue weighted by atomic mass is 10.2. The zero-order chi connectivity index (χ0) is 14.3. The summed E-state index contributed by atoms with van der Waals surface area (Å²) in [5.74, 6) is 1.17. The molecule has 1 aliphatic heterocycles. The second kappa shape index (κ2) is 4.59. The Morgan fingerprint density at radius 1 is 1.25 bits per heavy atom. The normalized spacial score (nSPS) is 22.1. The van der Waals surface area contributed by atoms with Gasteiger partial charge in [0.25, 0.3) is 0 Å². The Hall–Kier alpha value is -1.89. The van der Waals surface area contributed by atoms with E-state index in [-0.39, 0.29) is 17.5 Å². The topological polar surface area (TPSA) is 89.2 Å². The maximum absolute atomic E-state index is 11.6. The van der Waals surface area contributed by atoms with Gasteiger partial charge in [-0.25, -0.2) is 18.4 Å². The van der Waals surface area contributed by atoms with Gasteiger partial charge in [-0.2, -0.15) is 0 Å². The minimum absolute atomic E-state index is 0.126. The lowest BCUT2D eigenvalue weighted by molar-refractivity contribution is 0.567. The highest BCUT2D eigenvalue weighted by molar-refractivity contribution is 7.91. The first kappa shape index (κ1) is 13.1. The van der Waals surface area contributed by atoms with Gasteiger partial charge in [0.05, 0.1) is 22.5 Å². The maximum Gasteiger partial charge on any atom is 0.172 e. The van der Waals surface area contributed by atoms with Crippen molar-refractivity contribution in [2.24, 2.45) is 0 Å². The van der Waals surface area contributed by atoms with Crippen molar-refractivity contribution in [1.29, 1.82) is 0 Å². The van der Waals surface area contributed by atoms with Gasteiger partial charge in [0.15, 0.2) is 21.5 Å². The lowest BCUT2D eigenvalue weighted by Gasteiger charge is -2.34. The molecule has 0 bridgehead atoms. The third-order valence-electron chi connectivity index (χ3n) is 3.52. The molecule has 1 aliphatic rings. The molecule has 1 unspecified atom stereocenters. The average Bonchev–Trinajstić information content (AvgIpc) is 2.37. The molecule has 1 fully saturated rings. The SMILES string of the molecule is CC1CS(=O)(=O)CCN1c1nc2ccccc2nc1N. The second-order valence-electron chi connectivity index (χ2n) is 5.08. The van der Waals surface area contributed by atoms with Crippen LogP contribution >= 0.6 is 0 Å². The van der Waals surface area contributed by atoms with Crippen LogP contribution in [0.5, 0.6) is 0 Å². The van der Waals surface area contributed by atoms with E-state index in [1.54, 1.807) is 0 Å². The number of fused-ring (bicyclic) bond motifs is 1. The van der Waals surface area contributed by atoms with Crippen LogP contribution in [0.15, 0.2) is 24.3 Å². The molecule has 2 aromatic rings. The van der Waals surface area contributed by atoms with Crippen molar-refractivity contribution in [2.45, 2.75) is 13.0 Å². The average molecular weight is 292 g/mol. The third-order valence-corrected chi connectivity index (χ3v) is 5.32. The van der Waals surface area contributed by atoms with Gasteiger partial charge in [-0.05, 0) is 19.1 Å². The van der Waals surface area contributed by atoms with Gasteiger partial charge >= 0.3 is 0 Å². The van der Waals surface area contributed by atoms with Gasteiger partial charge in [-0.1, -0.05) is 12.1 Å². The van der Waals surface area contributed by atoms with Crippen LogP contribution in [0, 0.1) is 0 Å². The summed E-state index contributed by atoms with van der Waals surface area (Å²) >= 11 is 0. The Morgan fingerprint density at radius 3 is 2.55 bits per heavy atom. The van der Waals surface area contributed by atoms with Crippen LogP contribution in [0.25, 0.3) is 11.0 Å². The molecule has 1 aromatic heterocycles. The van der Waals surface area contributed by atoms with Crippen molar-refractivity contribution in [2.75, 3.05) is 28.7 Å². The molecule has 2 heterocycles. The number of rotatable bonds is 1. The zero-order valence-corrected chi connectivity index (χ0v) is 12.0. The lowest BCUT2D eigenvalue weighted by Crippen LogP contribution is -2.47. The largest absolute Gasteiger partial charge is 0.381 e. The molecule has 2 N–H and O–H groups in total. The number of para-hydroxylation sites is 2. The van der Waals surface area contributed by atoms with Crippen LogP contribution in [0.1, 0.15) is 6.92 Å². The van der Waals surface area contributed by atoms with E-state index in [1.807, 2.05) is 36.1 Å². The Morgan fingerprint density at radius 2 is 1.90 bits per heavy atom. The maximum atomic E-state index is 11.6. The molecule has 20 heavy (non-hydrogen) atoms. The number of anilines is 2. The molecule has 3 rings (SSSR count). The highest BCUT2D eigenvalue weighted by Crippen LogP contribution is 2.26. The van der Waals surface area contributed by atoms with Crippen molar-refractivity contribution in [3.8, 4) is 0 Å². The first-order valence-corrected chi connectivity index (χ1v) is 8.28. The van der Waals surface area contributed by atoms with Crippen LogP contribution < -0.4 is 10.6 Å². The van der Waals surface area contributed by atoms with E-state index in [4.69, 9.17) is 5.73 Å². The van der Waals surface area contributed by atoms with Gasteiger partial charge in [0.1, 0.15) is 0 Å². The van der Waals surface area contributed by atoms with E-state index < -0.39 is 9.84 Å². The van der Waals surface area contributed by atoms with Crippen molar-refractivity contribution >= 4 is 32.5 Å². The van der Waals surface area contributed by atoms with Crippen molar-refractivity contribution < 1.29 is 8.42 Å². The second-order valence-corrected chi connectivity index (χ2v) is 7.31. The fourth-order valence-corrected chi connectivity index (χ4v) is 4.09. The number of nitrogens with two attached hydrogens (primary N) is 1. The molecular formula is C13H16N4O2S. The monoisotopic (exact) mass is 292 g/mol. The standard InChI is InChI=1S/C13H16N4O2S/c1-9-8-20(18,19)7-6-17(9)13-12(14)15-10-4-2-3-5-11(10)16-13/h2-5,9H,6-8H2,1H3,(H2,14,15). The highest BCUT2D eigenvalue weighted by atomic mass is 32.2. The molecule has 0 aliphatic carbocycles. The van der Waals surface area contributed by atoms with E-state index >= 15 is 0 Å². The van der Waals surface area contributed by atoms with E-state index in [9.17, 15) is 8.42 Å². The molecular weight excluding hydrogens is 276 g/mol. The summed E-state index contributed by atoms with van der Waals surface area (Å²) in [4.78, 5) is 10.8. The number of nitrogen functional groups attached to an aromatic ring is 1. The molecule has 1 aromatic carbocycles. The molecule has 106 valence electrons. The Bertz CT molecular complexity index is 760. The Balaban J connectivity index is 2.04. The molecule has 7 heteroatoms. The predicted molar refractivity (Wildman–Crippen MR) is 79.4 cm³/mol. The summed E-state index contributed by atoms with van der Waals surface area (Å²) in [5.41, 5.74) is 7.49. The fourth-order valence-electron chi connectivity index (χ4n) is 2.53. The smallest absolute Gasteiger partial charge is 0.172 e. The number of nitrogens with zero attached hydrogens (tertiary/aromatic N) is 3. The number of benzene rings is 1. The summed E-state index contributed by atoms with van der Waals surface area (Å²) in [6.07, 6.45) is 0. The molecule has 6 nitrogen and oxygen atoms in total. The first-order valence-electron chi connectivity index (χ1n) is 6.45. The fraction of sp³-hybridized carbons (Fsp3) is 0.385. The van der Waals surface area contributed by atoms with Crippen LogP contribution in [-0.2, 0) is 9.84 Å².